The van der Waals surface area contributed by atoms with Crippen molar-refractivity contribution in [3.8, 4) is 17.2 Å². The van der Waals surface area contributed by atoms with Gasteiger partial charge in [0.25, 0.3) is 0 Å². The molecule has 2 aliphatic heterocycles. The zero-order chi connectivity index (χ0) is 24.8. The van der Waals surface area contributed by atoms with Gasteiger partial charge in [-0.15, -0.1) is 0 Å². The number of hydrogen-bond donors (Lipinski definition) is 0. The fourth-order valence-electron chi connectivity index (χ4n) is 4.36. The highest BCUT2D eigenvalue weighted by Gasteiger charge is 2.26. The van der Waals surface area contributed by atoms with Crippen LogP contribution in [-0.2, 0) is 11.2 Å². The number of ether oxygens (including phenoxy) is 3. The lowest BCUT2D eigenvalue weighted by atomic mass is 9.91. The number of benzene rings is 3. The summed E-state index contributed by atoms with van der Waals surface area (Å²) in [4.78, 5) is 8.81. The van der Waals surface area contributed by atoms with Crippen LogP contribution in [0.4, 0.5) is 0 Å². The second-order valence-electron chi connectivity index (χ2n) is 9.04. The monoisotopic (exact) mass is 468 g/mol. The minimum absolute atomic E-state index is 0.300. The molecule has 0 bridgehead atoms. The molecule has 3 aromatic carbocycles. The fourth-order valence-corrected chi connectivity index (χ4v) is 4.36. The number of carbonyl (C=O) groups is 1. The predicted octanol–water partition coefficient (Wildman–Crippen LogP) is 7.00. The van der Waals surface area contributed by atoms with Crippen LogP contribution >= 0.6 is 0 Å². The van der Waals surface area contributed by atoms with E-state index in [9.17, 15) is 0 Å². The summed E-state index contributed by atoms with van der Waals surface area (Å²) < 4.78 is 18.2. The van der Waals surface area contributed by atoms with Crippen LogP contribution in [0.2, 0.25) is 0 Å². The summed E-state index contributed by atoms with van der Waals surface area (Å²) in [6.45, 7) is 8.76. The van der Waals surface area contributed by atoms with Crippen molar-refractivity contribution in [3.05, 3.63) is 94.6 Å². The van der Waals surface area contributed by atoms with Crippen molar-refractivity contribution in [2.45, 2.75) is 39.7 Å². The van der Waals surface area contributed by atoms with Crippen LogP contribution in [0.1, 0.15) is 55.5 Å². The summed E-state index contributed by atoms with van der Waals surface area (Å²) in [7, 11) is 0. The molecule has 0 aliphatic carbocycles. The molecular formula is C31H32O4. The molecule has 2 heterocycles. The molecule has 0 atom stereocenters. The van der Waals surface area contributed by atoms with Crippen LogP contribution in [0.15, 0.2) is 66.7 Å². The summed E-state index contributed by atoms with van der Waals surface area (Å²) in [5.41, 5.74) is 6.69. The largest absolute Gasteiger partial charge is 0.494 e. The Hall–Kier alpha value is -3.79. The number of aldehydes is 1. The minimum Gasteiger partial charge on any atom is -0.494 e. The molecule has 0 saturated carbocycles. The van der Waals surface area contributed by atoms with Gasteiger partial charge in [0.2, 0.25) is 0 Å². The van der Waals surface area contributed by atoms with Crippen LogP contribution < -0.4 is 14.2 Å². The average Bonchev–Trinajstić information content (AvgIpc) is 2.84. The molecule has 5 rings (SSSR count). The quantitative estimate of drug-likeness (QED) is 0.378. The van der Waals surface area contributed by atoms with Gasteiger partial charge in [0.05, 0.1) is 12.2 Å². The molecule has 3 aromatic rings. The maximum absolute atomic E-state index is 8.81. The second kappa shape index (κ2) is 10.6. The molecule has 2 aliphatic rings. The van der Waals surface area contributed by atoms with Gasteiger partial charge in [0.15, 0.2) is 0 Å². The van der Waals surface area contributed by atoms with Crippen LogP contribution in [0, 0.1) is 0 Å². The summed E-state index contributed by atoms with van der Waals surface area (Å²) in [5, 5.41) is 0. The third-order valence-electron chi connectivity index (χ3n) is 5.88. The maximum atomic E-state index is 8.81. The van der Waals surface area contributed by atoms with Gasteiger partial charge in [-0.2, -0.15) is 0 Å². The van der Waals surface area contributed by atoms with Crippen LogP contribution in [0.5, 0.6) is 17.2 Å². The van der Waals surface area contributed by atoms with Crippen molar-refractivity contribution in [1.82, 2.24) is 0 Å². The van der Waals surface area contributed by atoms with Crippen molar-refractivity contribution in [2.24, 2.45) is 0 Å². The van der Waals surface area contributed by atoms with Gasteiger partial charge >= 0.3 is 0 Å². The lowest BCUT2D eigenvalue weighted by molar-refractivity contribution is -0.106. The summed E-state index contributed by atoms with van der Waals surface area (Å²) >= 11 is 0. The van der Waals surface area contributed by atoms with Crippen LogP contribution in [-0.4, -0.2) is 25.1 Å². The molecule has 4 nitrogen and oxygen atoms in total. The number of rotatable bonds is 5. The van der Waals surface area contributed by atoms with Crippen molar-refractivity contribution < 1.29 is 19.0 Å². The van der Waals surface area contributed by atoms with Crippen molar-refractivity contribution in [2.75, 3.05) is 13.2 Å². The molecule has 0 amide bonds. The minimum atomic E-state index is -0.300. The van der Waals surface area contributed by atoms with Crippen molar-refractivity contribution in [3.63, 3.8) is 0 Å². The van der Waals surface area contributed by atoms with E-state index in [1.165, 1.54) is 29.2 Å². The normalized spacial score (nSPS) is 14.7. The first-order valence-electron chi connectivity index (χ1n) is 12.0. The smallest absolute Gasteiger partial charge is 0.137 e. The molecule has 0 fully saturated rings. The first-order valence-corrected chi connectivity index (χ1v) is 12.0. The van der Waals surface area contributed by atoms with E-state index in [0.717, 1.165) is 41.1 Å². The molecule has 0 unspecified atom stereocenters. The zero-order valence-corrected chi connectivity index (χ0v) is 20.8. The highest BCUT2D eigenvalue weighted by Crippen LogP contribution is 2.43. The van der Waals surface area contributed by atoms with E-state index in [4.69, 9.17) is 19.0 Å². The molecule has 0 saturated heterocycles. The van der Waals surface area contributed by atoms with E-state index in [0.29, 0.717) is 13.2 Å². The second-order valence-corrected chi connectivity index (χ2v) is 9.04. The fraction of sp³-hybridized carbons (Fsp3) is 0.258. The van der Waals surface area contributed by atoms with Gasteiger partial charge in [0.1, 0.15) is 35.7 Å². The van der Waals surface area contributed by atoms with E-state index in [1.54, 1.807) is 0 Å². The molecule has 0 spiro atoms. The zero-order valence-electron chi connectivity index (χ0n) is 20.8. The highest BCUT2D eigenvalue weighted by molar-refractivity contribution is 5.89. The number of carbonyl (C=O) groups excluding carboxylic acids is 1. The Balaban J connectivity index is 0.000000917. The Morgan fingerprint density at radius 3 is 2.57 bits per heavy atom. The maximum Gasteiger partial charge on any atom is 0.137 e. The molecule has 0 aromatic heterocycles. The van der Waals surface area contributed by atoms with Gasteiger partial charge in [-0.3, -0.25) is 0 Å². The summed E-state index contributed by atoms with van der Waals surface area (Å²) in [6.07, 6.45) is 8.05. The molecular weight excluding hydrogens is 436 g/mol. The highest BCUT2D eigenvalue weighted by atomic mass is 16.5. The van der Waals surface area contributed by atoms with Gasteiger partial charge in [-0.1, -0.05) is 36.4 Å². The van der Waals surface area contributed by atoms with Crippen LogP contribution in [0.25, 0.3) is 17.7 Å². The Labute approximate surface area is 207 Å². The summed E-state index contributed by atoms with van der Waals surface area (Å²) in [6, 6.07) is 21.1. The number of fused-ring (bicyclic) bond motifs is 3. The van der Waals surface area contributed by atoms with Crippen molar-refractivity contribution >= 4 is 24.0 Å². The third kappa shape index (κ3) is 5.65. The molecule has 4 heteroatoms. The Morgan fingerprint density at radius 2 is 1.83 bits per heavy atom. The van der Waals surface area contributed by atoms with E-state index in [1.807, 2.05) is 13.0 Å². The third-order valence-corrected chi connectivity index (χ3v) is 5.88. The first kappa shape index (κ1) is 24.3. The molecule has 35 heavy (non-hydrogen) atoms. The molecule has 0 N–H and O–H groups in total. The van der Waals surface area contributed by atoms with E-state index >= 15 is 0 Å². The molecule has 0 radical (unpaired) electrons. The average molecular weight is 469 g/mol. The van der Waals surface area contributed by atoms with Gasteiger partial charge in [-0.05, 0) is 98.9 Å². The van der Waals surface area contributed by atoms with E-state index < -0.39 is 0 Å². The van der Waals surface area contributed by atoms with Crippen LogP contribution in [0.3, 0.4) is 0 Å². The lowest BCUT2D eigenvalue weighted by Crippen LogP contribution is -2.27. The number of hydrogen-bond acceptors (Lipinski definition) is 4. The Morgan fingerprint density at radius 1 is 1.06 bits per heavy atom. The van der Waals surface area contributed by atoms with Gasteiger partial charge in [-0.25, -0.2) is 0 Å². The predicted molar refractivity (Wildman–Crippen MR) is 142 cm³/mol. The van der Waals surface area contributed by atoms with Gasteiger partial charge < -0.3 is 19.0 Å². The lowest BCUT2D eigenvalue weighted by Gasteiger charge is -2.30. The standard InChI is InChI=1S/C29H28O3.C2H4O/c1-4-30-24-11-12-25(22(18-24)16-20-8-6-5-7-9-20)23-17-21-10-13-27-26(28(21)31-19-23)14-15-29(2,3)32-27;1-2-3/h5-15,17-18H,4,16,19H2,1-3H3;2H,1H3. The SMILES string of the molecule is CC=O.CCOc1ccc(C2=Cc3ccc4c(c3OC2)C=CC(C)(C)O4)c(Cc2ccccc2)c1. The summed E-state index contributed by atoms with van der Waals surface area (Å²) in [5.74, 6) is 2.67. The Kier molecular flexibility index (Phi) is 7.40. The topological polar surface area (TPSA) is 44.8 Å². The van der Waals surface area contributed by atoms with Gasteiger partial charge in [0, 0.05) is 5.56 Å². The van der Waals surface area contributed by atoms with E-state index in [-0.39, 0.29) is 5.60 Å². The van der Waals surface area contributed by atoms with E-state index in [2.05, 4.69) is 86.7 Å². The first-order chi connectivity index (χ1) is 16.9. The Bertz CT molecular complexity index is 1250. The van der Waals surface area contributed by atoms with Crippen molar-refractivity contribution in [1.29, 1.82) is 0 Å². The molecule has 180 valence electrons.